The first-order chi connectivity index (χ1) is 14.2. The lowest BCUT2D eigenvalue weighted by Gasteiger charge is -2.55. The number of carbonyl (C=O) groups is 3. The predicted octanol–water partition coefficient (Wildman–Crippen LogP) is 4.29. The zero-order chi connectivity index (χ0) is 22.1. The van der Waals surface area contributed by atoms with Crippen LogP contribution in [0.4, 0.5) is 0 Å². The van der Waals surface area contributed by atoms with E-state index in [1.807, 2.05) is 13.8 Å². The van der Waals surface area contributed by atoms with Gasteiger partial charge in [0, 0.05) is 26.2 Å². The van der Waals surface area contributed by atoms with Gasteiger partial charge in [-0.3, -0.25) is 14.4 Å². The number of rotatable bonds is 6. The Labute approximate surface area is 180 Å². The van der Waals surface area contributed by atoms with Gasteiger partial charge in [-0.15, -0.1) is 0 Å². The van der Waals surface area contributed by atoms with Gasteiger partial charge in [-0.05, 0) is 81.5 Å². The van der Waals surface area contributed by atoms with Crippen LogP contribution in [0.3, 0.4) is 0 Å². The van der Waals surface area contributed by atoms with E-state index in [9.17, 15) is 14.4 Å². The van der Waals surface area contributed by atoms with Gasteiger partial charge in [0.2, 0.25) is 0 Å². The van der Waals surface area contributed by atoms with Crippen molar-refractivity contribution >= 4 is 17.9 Å². The molecule has 0 bridgehead atoms. The van der Waals surface area contributed by atoms with Crippen LogP contribution in [0.15, 0.2) is 0 Å². The van der Waals surface area contributed by atoms with Crippen molar-refractivity contribution in [1.29, 1.82) is 0 Å². The summed E-state index contributed by atoms with van der Waals surface area (Å²) in [6.45, 7) is 9.51. The first-order valence-corrected chi connectivity index (χ1v) is 11.7. The van der Waals surface area contributed by atoms with E-state index in [0.717, 1.165) is 38.5 Å². The molecule has 3 saturated carbocycles. The van der Waals surface area contributed by atoms with Crippen molar-refractivity contribution < 1.29 is 28.6 Å². The van der Waals surface area contributed by atoms with Crippen molar-refractivity contribution in [1.82, 2.24) is 0 Å². The maximum absolute atomic E-state index is 12.0. The van der Waals surface area contributed by atoms with Gasteiger partial charge >= 0.3 is 17.9 Å². The smallest absolute Gasteiger partial charge is 0.306 e. The van der Waals surface area contributed by atoms with Crippen LogP contribution in [-0.4, -0.2) is 36.7 Å². The van der Waals surface area contributed by atoms with Gasteiger partial charge in [0.25, 0.3) is 0 Å². The molecule has 0 aliphatic heterocycles. The van der Waals surface area contributed by atoms with E-state index in [1.165, 1.54) is 13.8 Å². The molecule has 0 saturated heterocycles. The highest BCUT2D eigenvalue weighted by Crippen LogP contribution is 2.63. The molecule has 6 heteroatoms. The predicted molar refractivity (Wildman–Crippen MR) is 111 cm³/mol. The van der Waals surface area contributed by atoms with E-state index in [0.29, 0.717) is 36.7 Å². The topological polar surface area (TPSA) is 78.9 Å². The van der Waals surface area contributed by atoms with Crippen LogP contribution >= 0.6 is 0 Å². The quantitative estimate of drug-likeness (QED) is 0.469. The highest BCUT2D eigenvalue weighted by Gasteiger charge is 2.59. The Kier molecular flexibility index (Phi) is 7.13. The summed E-state index contributed by atoms with van der Waals surface area (Å²) in [5.41, 5.74) is -0.00979. The van der Waals surface area contributed by atoms with E-state index in [4.69, 9.17) is 14.2 Å². The lowest BCUT2D eigenvalue weighted by molar-refractivity contribution is -0.172. The highest BCUT2D eigenvalue weighted by atomic mass is 16.5. The first kappa shape index (κ1) is 23.1. The Morgan fingerprint density at radius 1 is 1.03 bits per heavy atom. The van der Waals surface area contributed by atoms with Gasteiger partial charge in [-0.2, -0.15) is 0 Å². The third-order valence-corrected chi connectivity index (χ3v) is 8.18. The number of ether oxygens (including phenoxy) is 3. The number of carbonyl (C=O) groups excluding carboxylic acids is 3. The lowest BCUT2D eigenvalue weighted by Crippen LogP contribution is -2.53. The second kappa shape index (κ2) is 9.27. The molecule has 1 unspecified atom stereocenters. The molecule has 0 aromatic rings. The summed E-state index contributed by atoms with van der Waals surface area (Å²) in [6, 6.07) is 0. The SMILES string of the molecule is CCOC(=O)C[C@H]1CC[C@@H]2[C@@H](C1)[C@H](OC(C)=O)C[C@]1(C)[C@@H](C(C)OC(C)=O)CC[C@@H]21. The number of hydrogen-bond acceptors (Lipinski definition) is 6. The van der Waals surface area contributed by atoms with Crippen LogP contribution < -0.4 is 0 Å². The third kappa shape index (κ3) is 4.67. The Hall–Kier alpha value is -1.59. The summed E-state index contributed by atoms with van der Waals surface area (Å²) in [6.07, 6.45) is 6.15. The molecule has 0 spiro atoms. The van der Waals surface area contributed by atoms with Gasteiger partial charge in [0.05, 0.1) is 6.61 Å². The minimum atomic E-state index is -0.240. The summed E-state index contributed by atoms with van der Waals surface area (Å²) in [7, 11) is 0. The summed E-state index contributed by atoms with van der Waals surface area (Å²) < 4.78 is 16.6. The molecule has 3 rings (SSSR count). The van der Waals surface area contributed by atoms with E-state index < -0.39 is 0 Å². The second-order valence-electron chi connectivity index (χ2n) is 9.98. The fraction of sp³-hybridized carbons (Fsp3) is 0.875. The Morgan fingerprint density at radius 2 is 1.77 bits per heavy atom. The maximum Gasteiger partial charge on any atom is 0.306 e. The summed E-state index contributed by atoms with van der Waals surface area (Å²) >= 11 is 0. The molecule has 0 amide bonds. The Bertz CT molecular complexity index is 660. The first-order valence-electron chi connectivity index (χ1n) is 11.7. The number of hydrogen-bond donors (Lipinski definition) is 0. The minimum absolute atomic E-state index is 0.00979. The average Bonchev–Trinajstić information content (AvgIpc) is 2.98. The molecule has 0 aromatic heterocycles. The molecule has 0 aromatic carbocycles. The zero-order valence-corrected chi connectivity index (χ0v) is 19.1. The molecule has 3 aliphatic rings. The standard InChI is InChI=1S/C24H38O6/c1-6-28-23(27)12-17-7-8-18-19(11-17)22(30-16(4)26)13-24(5)20(9-10-21(18)24)14(2)29-15(3)25/h14,17-22H,6-13H2,1-5H3/t14?,17-,18+,19+,20+,21-,22+,24+/m0/s1. The van der Waals surface area contributed by atoms with Crippen molar-refractivity contribution in [3.05, 3.63) is 0 Å². The van der Waals surface area contributed by atoms with Crippen molar-refractivity contribution in [3.63, 3.8) is 0 Å². The van der Waals surface area contributed by atoms with Crippen molar-refractivity contribution in [2.75, 3.05) is 6.61 Å². The van der Waals surface area contributed by atoms with Gasteiger partial charge in [-0.1, -0.05) is 6.92 Å². The Morgan fingerprint density at radius 3 is 2.40 bits per heavy atom. The highest BCUT2D eigenvalue weighted by molar-refractivity contribution is 5.69. The van der Waals surface area contributed by atoms with Gasteiger partial charge < -0.3 is 14.2 Å². The molecular weight excluding hydrogens is 384 g/mol. The maximum atomic E-state index is 12.0. The number of fused-ring (bicyclic) bond motifs is 3. The number of esters is 3. The van der Waals surface area contributed by atoms with Crippen molar-refractivity contribution in [2.45, 2.75) is 91.8 Å². The van der Waals surface area contributed by atoms with Crippen molar-refractivity contribution in [3.8, 4) is 0 Å². The normalized spacial score (nSPS) is 38.7. The largest absolute Gasteiger partial charge is 0.466 e. The van der Waals surface area contributed by atoms with Crippen LogP contribution in [0.25, 0.3) is 0 Å². The summed E-state index contributed by atoms with van der Waals surface area (Å²) in [5.74, 6) is 1.30. The minimum Gasteiger partial charge on any atom is -0.466 e. The summed E-state index contributed by atoms with van der Waals surface area (Å²) in [4.78, 5) is 35.5. The van der Waals surface area contributed by atoms with Gasteiger partial charge in [-0.25, -0.2) is 0 Å². The van der Waals surface area contributed by atoms with E-state index >= 15 is 0 Å². The fourth-order valence-corrected chi connectivity index (χ4v) is 7.23. The van der Waals surface area contributed by atoms with Crippen LogP contribution in [0.1, 0.15) is 79.6 Å². The molecule has 30 heavy (non-hydrogen) atoms. The molecule has 0 radical (unpaired) electrons. The van der Waals surface area contributed by atoms with E-state index in [1.54, 1.807) is 0 Å². The zero-order valence-electron chi connectivity index (χ0n) is 19.1. The van der Waals surface area contributed by atoms with E-state index in [-0.39, 0.29) is 41.4 Å². The molecule has 0 N–H and O–H groups in total. The van der Waals surface area contributed by atoms with E-state index in [2.05, 4.69) is 6.92 Å². The van der Waals surface area contributed by atoms with Gasteiger partial charge in [0.1, 0.15) is 12.2 Å². The molecular formula is C24H38O6. The third-order valence-electron chi connectivity index (χ3n) is 8.18. The lowest BCUT2D eigenvalue weighted by atomic mass is 9.52. The molecule has 3 aliphatic carbocycles. The fourth-order valence-electron chi connectivity index (χ4n) is 7.23. The van der Waals surface area contributed by atoms with Crippen LogP contribution in [0.2, 0.25) is 0 Å². The Balaban J connectivity index is 1.79. The molecule has 8 atom stereocenters. The second-order valence-corrected chi connectivity index (χ2v) is 9.98. The van der Waals surface area contributed by atoms with Crippen LogP contribution in [-0.2, 0) is 28.6 Å². The van der Waals surface area contributed by atoms with Crippen molar-refractivity contribution in [2.24, 2.45) is 35.0 Å². The summed E-state index contributed by atoms with van der Waals surface area (Å²) in [5, 5.41) is 0. The molecule has 3 fully saturated rings. The van der Waals surface area contributed by atoms with Gasteiger partial charge in [0.15, 0.2) is 0 Å². The molecule has 170 valence electrons. The monoisotopic (exact) mass is 422 g/mol. The van der Waals surface area contributed by atoms with Crippen LogP contribution in [0.5, 0.6) is 0 Å². The average molecular weight is 423 g/mol. The molecule has 0 heterocycles. The molecule has 6 nitrogen and oxygen atoms in total. The van der Waals surface area contributed by atoms with Crippen LogP contribution in [0, 0.1) is 35.0 Å².